The summed E-state index contributed by atoms with van der Waals surface area (Å²) in [7, 11) is 1.61. The van der Waals surface area contributed by atoms with Gasteiger partial charge in [-0.15, -0.1) is 0 Å². The third-order valence-electron chi connectivity index (χ3n) is 3.25. The second-order valence-electron chi connectivity index (χ2n) is 5.32. The molecule has 98 valence electrons. The molecular weight excluding hydrogens is 233 g/mol. The highest BCUT2D eigenvalue weighted by atomic mass is 19.1. The first kappa shape index (κ1) is 12.9. The van der Waals surface area contributed by atoms with Gasteiger partial charge in [-0.1, -0.05) is 0 Å². The Balaban J connectivity index is 2.35. The molecule has 0 saturated heterocycles. The van der Waals surface area contributed by atoms with Crippen molar-refractivity contribution in [3.8, 4) is 5.75 Å². The van der Waals surface area contributed by atoms with Crippen LogP contribution >= 0.6 is 0 Å². The van der Waals surface area contributed by atoms with Crippen molar-refractivity contribution in [2.75, 3.05) is 7.05 Å². The average Bonchev–Trinajstić information content (AvgIpc) is 2.29. The van der Waals surface area contributed by atoms with Crippen molar-refractivity contribution in [1.29, 1.82) is 0 Å². The highest BCUT2D eigenvalue weighted by molar-refractivity contribution is 5.76. The third-order valence-corrected chi connectivity index (χ3v) is 3.25. The minimum absolute atomic E-state index is 0.000556. The molecule has 1 aliphatic rings. The number of carbonyl (C=O) groups is 1. The Morgan fingerprint density at radius 3 is 2.94 bits per heavy atom. The summed E-state index contributed by atoms with van der Waals surface area (Å²) in [5, 5.41) is 2.61. The summed E-state index contributed by atoms with van der Waals surface area (Å²) < 4.78 is 19.1. The maximum Gasteiger partial charge on any atom is 0.220 e. The number of nitrogens with one attached hydrogen (secondary N) is 1. The number of amides is 1. The van der Waals surface area contributed by atoms with E-state index in [0.717, 1.165) is 5.56 Å². The van der Waals surface area contributed by atoms with Crippen molar-refractivity contribution < 1.29 is 13.9 Å². The molecule has 1 aromatic rings. The van der Waals surface area contributed by atoms with Gasteiger partial charge in [-0.2, -0.15) is 0 Å². The molecule has 1 atom stereocenters. The van der Waals surface area contributed by atoms with E-state index < -0.39 is 0 Å². The van der Waals surface area contributed by atoms with Crippen molar-refractivity contribution in [3.05, 3.63) is 29.6 Å². The topological polar surface area (TPSA) is 38.3 Å². The van der Waals surface area contributed by atoms with Crippen molar-refractivity contribution >= 4 is 5.91 Å². The van der Waals surface area contributed by atoms with Crippen LogP contribution < -0.4 is 10.1 Å². The summed E-state index contributed by atoms with van der Waals surface area (Å²) in [6.45, 7) is 3.96. The number of halogens is 1. The van der Waals surface area contributed by atoms with Gasteiger partial charge >= 0.3 is 0 Å². The average molecular weight is 251 g/mol. The van der Waals surface area contributed by atoms with E-state index in [1.165, 1.54) is 12.1 Å². The maximum absolute atomic E-state index is 13.3. The Bertz CT molecular complexity index is 471. The van der Waals surface area contributed by atoms with Gasteiger partial charge in [-0.05, 0) is 38.5 Å². The predicted molar refractivity (Wildman–Crippen MR) is 67.1 cm³/mol. The Morgan fingerprint density at radius 2 is 2.28 bits per heavy atom. The van der Waals surface area contributed by atoms with Gasteiger partial charge in [0.05, 0.1) is 0 Å². The minimum atomic E-state index is -0.330. The highest BCUT2D eigenvalue weighted by Crippen LogP contribution is 2.42. The first-order valence-corrected chi connectivity index (χ1v) is 6.10. The number of ether oxygens (including phenoxy) is 1. The lowest BCUT2D eigenvalue weighted by atomic mass is 9.82. The first-order valence-electron chi connectivity index (χ1n) is 6.10. The van der Waals surface area contributed by atoms with Crippen molar-refractivity contribution in [1.82, 2.24) is 5.32 Å². The SMILES string of the molecule is CNC(=O)CC1CC(C)(C)Oc2ccc(F)cc21. The number of hydrogen-bond donors (Lipinski definition) is 1. The van der Waals surface area contributed by atoms with Crippen LogP contribution in [0.1, 0.15) is 38.2 Å². The largest absolute Gasteiger partial charge is 0.488 e. The van der Waals surface area contributed by atoms with Gasteiger partial charge in [0.15, 0.2) is 0 Å². The molecule has 18 heavy (non-hydrogen) atoms. The molecular formula is C14H18FNO2. The lowest BCUT2D eigenvalue weighted by Crippen LogP contribution is -2.36. The molecule has 1 aromatic carbocycles. The quantitative estimate of drug-likeness (QED) is 0.877. The van der Waals surface area contributed by atoms with E-state index in [0.29, 0.717) is 18.6 Å². The van der Waals surface area contributed by atoms with Crippen LogP contribution in [-0.4, -0.2) is 18.6 Å². The zero-order valence-electron chi connectivity index (χ0n) is 10.9. The smallest absolute Gasteiger partial charge is 0.220 e. The lowest BCUT2D eigenvalue weighted by Gasteiger charge is -2.37. The van der Waals surface area contributed by atoms with Crippen LogP contribution in [0.15, 0.2) is 18.2 Å². The second kappa shape index (κ2) is 4.59. The van der Waals surface area contributed by atoms with Crippen LogP contribution in [0.25, 0.3) is 0 Å². The van der Waals surface area contributed by atoms with Crippen molar-refractivity contribution in [3.63, 3.8) is 0 Å². The Hall–Kier alpha value is -1.58. The molecule has 0 aliphatic carbocycles. The van der Waals surface area contributed by atoms with Crippen LogP contribution in [0.3, 0.4) is 0 Å². The van der Waals surface area contributed by atoms with Crippen molar-refractivity contribution in [2.45, 2.75) is 38.2 Å². The second-order valence-corrected chi connectivity index (χ2v) is 5.32. The van der Waals surface area contributed by atoms with Crippen LogP contribution in [0, 0.1) is 5.82 Å². The van der Waals surface area contributed by atoms with Gasteiger partial charge in [-0.3, -0.25) is 4.79 Å². The van der Waals surface area contributed by atoms with E-state index in [1.807, 2.05) is 13.8 Å². The summed E-state index contributed by atoms with van der Waals surface area (Å²) in [5.74, 6) is 0.354. The summed E-state index contributed by atoms with van der Waals surface area (Å²) in [6.07, 6.45) is 1.07. The summed E-state index contributed by atoms with van der Waals surface area (Å²) >= 11 is 0. The van der Waals surface area contributed by atoms with Crippen LogP contribution in [-0.2, 0) is 4.79 Å². The maximum atomic E-state index is 13.3. The van der Waals surface area contributed by atoms with E-state index in [9.17, 15) is 9.18 Å². The molecule has 2 rings (SSSR count). The molecule has 0 spiro atoms. The van der Waals surface area contributed by atoms with E-state index in [4.69, 9.17) is 4.74 Å². The van der Waals surface area contributed by atoms with Gasteiger partial charge in [0.1, 0.15) is 17.2 Å². The Kier molecular flexibility index (Phi) is 3.28. The third kappa shape index (κ3) is 2.63. The summed E-state index contributed by atoms with van der Waals surface area (Å²) in [4.78, 5) is 11.5. The zero-order valence-corrected chi connectivity index (χ0v) is 10.9. The molecule has 1 amide bonds. The monoisotopic (exact) mass is 251 g/mol. The molecule has 1 N–H and O–H groups in total. The standard InChI is InChI=1S/C14H18FNO2/c1-14(2)8-9(6-13(17)16-3)11-7-10(15)4-5-12(11)18-14/h4-5,7,9H,6,8H2,1-3H3,(H,16,17). The molecule has 3 nitrogen and oxygen atoms in total. The molecule has 0 aromatic heterocycles. The van der Waals surface area contributed by atoms with E-state index in [1.54, 1.807) is 13.1 Å². The van der Waals surface area contributed by atoms with Gasteiger partial charge in [0, 0.05) is 24.9 Å². The molecule has 1 aliphatic heterocycles. The van der Waals surface area contributed by atoms with Crippen molar-refractivity contribution in [2.24, 2.45) is 0 Å². The molecule has 0 radical (unpaired) electrons. The van der Waals surface area contributed by atoms with Crippen LogP contribution in [0.5, 0.6) is 5.75 Å². The summed E-state index contributed by atoms with van der Waals surface area (Å²) in [5.41, 5.74) is 0.460. The molecule has 1 unspecified atom stereocenters. The van der Waals surface area contributed by atoms with Gasteiger partial charge in [0.25, 0.3) is 0 Å². The Labute approximate surface area is 106 Å². The number of benzene rings is 1. The first-order chi connectivity index (χ1) is 8.41. The zero-order chi connectivity index (χ0) is 13.3. The van der Waals surface area contributed by atoms with Crippen LogP contribution in [0.2, 0.25) is 0 Å². The van der Waals surface area contributed by atoms with E-state index >= 15 is 0 Å². The highest BCUT2D eigenvalue weighted by Gasteiger charge is 2.34. The predicted octanol–water partition coefficient (Wildman–Crippen LogP) is 2.61. The van der Waals surface area contributed by atoms with E-state index in [-0.39, 0.29) is 23.2 Å². The minimum Gasteiger partial charge on any atom is -0.488 e. The fraction of sp³-hybridized carbons (Fsp3) is 0.500. The number of carbonyl (C=O) groups excluding carboxylic acids is 1. The van der Waals surface area contributed by atoms with E-state index in [2.05, 4.69) is 5.32 Å². The number of hydrogen-bond acceptors (Lipinski definition) is 2. The summed E-state index contributed by atoms with van der Waals surface area (Å²) in [6, 6.07) is 4.50. The fourth-order valence-electron chi connectivity index (χ4n) is 2.48. The number of rotatable bonds is 2. The molecule has 4 heteroatoms. The molecule has 0 fully saturated rings. The Morgan fingerprint density at radius 1 is 1.56 bits per heavy atom. The van der Waals surface area contributed by atoms with Crippen LogP contribution in [0.4, 0.5) is 4.39 Å². The number of fused-ring (bicyclic) bond motifs is 1. The fourth-order valence-corrected chi connectivity index (χ4v) is 2.48. The normalized spacial score (nSPS) is 20.8. The van der Waals surface area contributed by atoms with Gasteiger partial charge < -0.3 is 10.1 Å². The lowest BCUT2D eigenvalue weighted by molar-refractivity contribution is -0.121. The van der Waals surface area contributed by atoms with Gasteiger partial charge in [-0.25, -0.2) is 4.39 Å². The van der Waals surface area contributed by atoms with Gasteiger partial charge in [0.2, 0.25) is 5.91 Å². The molecule has 1 heterocycles. The molecule has 0 saturated carbocycles. The molecule has 0 bridgehead atoms.